The highest BCUT2D eigenvalue weighted by Crippen LogP contribution is 2.53. The van der Waals surface area contributed by atoms with Gasteiger partial charge >= 0.3 is 5.97 Å². The van der Waals surface area contributed by atoms with E-state index in [0.717, 1.165) is 5.57 Å². The molecule has 3 rings (SSSR count). The molecule has 0 fully saturated rings. The van der Waals surface area contributed by atoms with Gasteiger partial charge in [0.2, 0.25) is 0 Å². The molecule has 0 radical (unpaired) electrons. The van der Waals surface area contributed by atoms with E-state index in [9.17, 15) is 20.6 Å². The molecule has 7 heteroatoms. The predicted molar refractivity (Wildman–Crippen MR) is 95.5 cm³/mol. The van der Waals surface area contributed by atoms with Gasteiger partial charge in [0, 0.05) is 24.9 Å². The minimum absolute atomic E-state index is 0.0126. The van der Waals surface area contributed by atoms with Crippen LogP contribution in [0, 0.1) is 45.3 Å². The molecule has 0 aromatic heterocycles. The van der Waals surface area contributed by atoms with Gasteiger partial charge in [0.25, 0.3) is 0 Å². The zero-order valence-corrected chi connectivity index (χ0v) is 14.7. The van der Waals surface area contributed by atoms with Crippen LogP contribution < -0.4 is 11.1 Å². The Morgan fingerprint density at radius 1 is 1.26 bits per heavy atom. The summed E-state index contributed by atoms with van der Waals surface area (Å²) in [4.78, 5) is 11.7. The summed E-state index contributed by atoms with van der Waals surface area (Å²) in [5, 5.41) is 32.6. The number of rotatable bonds is 2. The van der Waals surface area contributed by atoms with Crippen molar-refractivity contribution in [1.82, 2.24) is 5.32 Å². The third-order valence-electron chi connectivity index (χ3n) is 5.24. The molecule has 0 amide bonds. The van der Waals surface area contributed by atoms with E-state index < -0.39 is 17.3 Å². The minimum atomic E-state index is -1.67. The third kappa shape index (κ3) is 2.64. The van der Waals surface area contributed by atoms with Gasteiger partial charge in [-0.05, 0) is 23.3 Å². The molecule has 0 spiro atoms. The fourth-order valence-electron chi connectivity index (χ4n) is 3.93. The molecule has 0 unspecified atom stereocenters. The Morgan fingerprint density at radius 3 is 2.48 bits per heavy atom. The van der Waals surface area contributed by atoms with E-state index in [1.54, 1.807) is 24.3 Å². The summed E-state index contributed by atoms with van der Waals surface area (Å²) in [7, 11) is 1.30. The Balaban J connectivity index is 2.22. The second-order valence-electron chi connectivity index (χ2n) is 6.45. The number of nitrogens with one attached hydrogen (secondary N) is 1. The van der Waals surface area contributed by atoms with Crippen LogP contribution in [0.25, 0.3) is 0 Å². The van der Waals surface area contributed by atoms with Crippen molar-refractivity contribution in [3.63, 3.8) is 0 Å². The number of nitriles is 3. The standard InChI is InChI=1S/C20H17N5O2/c1-27-19(26)13-4-2-12(3-5-13)17-16-9-25-7-6-14(16)15(8-21)18(24)20(17,10-22)11-23/h2-6,16-17,25H,7,9,24H2,1H3/t16-,17-/m0/s1. The van der Waals surface area contributed by atoms with Gasteiger partial charge in [-0.2, -0.15) is 15.8 Å². The number of hydrogen-bond donors (Lipinski definition) is 2. The molecular formula is C20H17N5O2. The number of nitrogens with zero attached hydrogens (tertiary/aromatic N) is 3. The summed E-state index contributed by atoms with van der Waals surface area (Å²) < 4.78 is 4.71. The number of methoxy groups -OCH3 is 1. The SMILES string of the molecule is COC(=O)c1ccc([C@H]2[C@H]3CNCC=C3C(C#N)=C(N)C2(C#N)C#N)cc1. The Kier molecular flexibility index (Phi) is 4.69. The quantitative estimate of drug-likeness (QED) is 0.763. The first kappa shape index (κ1) is 18.2. The second kappa shape index (κ2) is 6.96. The molecule has 134 valence electrons. The van der Waals surface area contributed by atoms with Crippen LogP contribution in [0.4, 0.5) is 0 Å². The number of carbonyl (C=O) groups is 1. The Bertz CT molecular complexity index is 956. The van der Waals surface area contributed by atoms with E-state index in [1.807, 2.05) is 6.08 Å². The summed E-state index contributed by atoms with van der Waals surface area (Å²) in [6, 6.07) is 12.8. The highest BCUT2D eigenvalue weighted by molar-refractivity contribution is 5.89. The van der Waals surface area contributed by atoms with Crippen LogP contribution >= 0.6 is 0 Å². The van der Waals surface area contributed by atoms with Crippen molar-refractivity contribution in [2.75, 3.05) is 20.2 Å². The Morgan fingerprint density at radius 2 is 1.93 bits per heavy atom. The first-order valence-electron chi connectivity index (χ1n) is 8.36. The van der Waals surface area contributed by atoms with E-state index in [4.69, 9.17) is 10.5 Å². The topological polar surface area (TPSA) is 136 Å². The number of benzene rings is 1. The molecule has 2 atom stereocenters. The highest BCUT2D eigenvalue weighted by atomic mass is 16.5. The van der Waals surface area contributed by atoms with E-state index >= 15 is 0 Å². The maximum Gasteiger partial charge on any atom is 0.337 e. The molecule has 0 saturated carbocycles. The first-order valence-corrected chi connectivity index (χ1v) is 8.36. The molecule has 0 saturated heterocycles. The van der Waals surface area contributed by atoms with Crippen molar-refractivity contribution >= 4 is 5.97 Å². The normalized spacial score (nSPS) is 23.1. The summed E-state index contributed by atoms with van der Waals surface area (Å²) in [6.07, 6.45) is 1.88. The zero-order chi connectivity index (χ0) is 19.6. The number of nitrogens with two attached hydrogens (primary N) is 1. The predicted octanol–water partition coefficient (Wildman–Crippen LogP) is 1.49. The van der Waals surface area contributed by atoms with Crippen LogP contribution in [0.2, 0.25) is 0 Å². The van der Waals surface area contributed by atoms with Crippen LogP contribution in [0.15, 0.2) is 47.2 Å². The lowest BCUT2D eigenvalue weighted by Gasteiger charge is -2.43. The lowest BCUT2D eigenvalue weighted by molar-refractivity contribution is 0.0600. The summed E-state index contributed by atoms with van der Waals surface area (Å²) in [6.45, 7) is 1.10. The average molecular weight is 359 g/mol. The molecule has 2 aliphatic rings. The Hall–Kier alpha value is -3.60. The molecule has 1 aliphatic heterocycles. The van der Waals surface area contributed by atoms with Gasteiger partial charge < -0.3 is 15.8 Å². The molecule has 7 nitrogen and oxygen atoms in total. The van der Waals surface area contributed by atoms with Crippen LogP contribution in [-0.4, -0.2) is 26.2 Å². The maximum atomic E-state index is 11.7. The number of allylic oxidation sites excluding steroid dienone is 2. The first-order chi connectivity index (χ1) is 13.0. The number of ether oxygens (including phenoxy) is 1. The van der Waals surface area contributed by atoms with E-state index in [1.165, 1.54) is 7.11 Å². The van der Waals surface area contributed by atoms with Gasteiger partial charge in [-0.25, -0.2) is 4.79 Å². The fourth-order valence-corrected chi connectivity index (χ4v) is 3.93. The molecular weight excluding hydrogens is 342 g/mol. The van der Waals surface area contributed by atoms with Gasteiger partial charge in [-0.15, -0.1) is 0 Å². The number of fused-ring (bicyclic) bond motifs is 1. The largest absolute Gasteiger partial charge is 0.465 e. The molecule has 1 aliphatic carbocycles. The zero-order valence-electron chi connectivity index (χ0n) is 14.7. The van der Waals surface area contributed by atoms with Crippen LogP contribution in [0.1, 0.15) is 21.8 Å². The third-order valence-corrected chi connectivity index (χ3v) is 5.24. The maximum absolute atomic E-state index is 11.7. The van der Waals surface area contributed by atoms with Gasteiger partial charge in [-0.3, -0.25) is 0 Å². The summed E-state index contributed by atoms with van der Waals surface area (Å²) in [5.74, 6) is -1.30. The van der Waals surface area contributed by atoms with Gasteiger partial charge in [0.1, 0.15) is 6.07 Å². The lowest BCUT2D eigenvalue weighted by Crippen LogP contribution is -2.46. The number of carbonyl (C=O) groups excluding carboxylic acids is 1. The van der Waals surface area contributed by atoms with Crippen molar-refractivity contribution in [3.05, 3.63) is 58.3 Å². The van der Waals surface area contributed by atoms with E-state index in [-0.39, 0.29) is 17.2 Å². The molecule has 1 aromatic rings. The lowest BCUT2D eigenvalue weighted by atomic mass is 9.58. The van der Waals surface area contributed by atoms with Crippen molar-refractivity contribution < 1.29 is 9.53 Å². The molecule has 1 heterocycles. The smallest absolute Gasteiger partial charge is 0.337 e. The number of esters is 1. The van der Waals surface area contributed by atoms with Crippen molar-refractivity contribution in [3.8, 4) is 18.2 Å². The molecule has 3 N–H and O–H groups in total. The molecule has 27 heavy (non-hydrogen) atoms. The fraction of sp³-hybridized carbons (Fsp3) is 0.300. The van der Waals surface area contributed by atoms with Crippen molar-refractivity contribution in [2.45, 2.75) is 5.92 Å². The Labute approximate surface area is 156 Å². The van der Waals surface area contributed by atoms with Gasteiger partial charge in [-0.1, -0.05) is 18.2 Å². The van der Waals surface area contributed by atoms with E-state index in [0.29, 0.717) is 24.2 Å². The monoisotopic (exact) mass is 359 g/mol. The molecule has 0 bridgehead atoms. The van der Waals surface area contributed by atoms with Gasteiger partial charge in [0.05, 0.1) is 36.1 Å². The highest BCUT2D eigenvalue weighted by Gasteiger charge is 2.53. The minimum Gasteiger partial charge on any atom is -0.465 e. The molecule has 1 aromatic carbocycles. The number of hydrogen-bond acceptors (Lipinski definition) is 7. The van der Waals surface area contributed by atoms with Crippen molar-refractivity contribution in [2.24, 2.45) is 17.1 Å². The average Bonchev–Trinajstić information content (AvgIpc) is 2.72. The van der Waals surface area contributed by atoms with Gasteiger partial charge in [0.15, 0.2) is 5.41 Å². The van der Waals surface area contributed by atoms with Crippen LogP contribution in [-0.2, 0) is 4.74 Å². The summed E-state index contributed by atoms with van der Waals surface area (Å²) in [5.41, 5.74) is 6.57. The van der Waals surface area contributed by atoms with E-state index in [2.05, 4.69) is 23.5 Å². The van der Waals surface area contributed by atoms with Crippen LogP contribution in [0.3, 0.4) is 0 Å². The second-order valence-corrected chi connectivity index (χ2v) is 6.45. The van der Waals surface area contributed by atoms with Crippen LogP contribution in [0.5, 0.6) is 0 Å². The van der Waals surface area contributed by atoms with Crippen molar-refractivity contribution in [1.29, 1.82) is 15.8 Å². The summed E-state index contributed by atoms with van der Waals surface area (Å²) >= 11 is 0.